The predicted molar refractivity (Wildman–Crippen MR) is 80.0 cm³/mol. The molecule has 0 heterocycles. The Balaban J connectivity index is 1.20. The molecule has 2 saturated carbocycles. The standard InChI is InChI=1S/C17H25NO2/c1-2-4-16(5-3-1)20-13-12-19-11-10-18-17(14-6-7-14)15-8-9-15/h1-5,14-15,17-18H,6-13H2. The highest BCUT2D eigenvalue weighted by molar-refractivity contribution is 5.20. The second-order valence-corrected chi connectivity index (χ2v) is 5.93. The summed E-state index contributed by atoms with van der Waals surface area (Å²) in [6, 6.07) is 10.7. The summed E-state index contributed by atoms with van der Waals surface area (Å²) in [5, 5.41) is 3.69. The highest BCUT2D eigenvalue weighted by atomic mass is 16.5. The Morgan fingerprint density at radius 2 is 1.65 bits per heavy atom. The van der Waals surface area contributed by atoms with Crippen LogP contribution in [0.5, 0.6) is 5.75 Å². The van der Waals surface area contributed by atoms with Gasteiger partial charge in [-0.15, -0.1) is 0 Å². The molecule has 0 atom stereocenters. The molecule has 0 bridgehead atoms. The van der Waals surface area contributed by atoms with Gasteiger partial charge in [-0.2, -0.15) is 0 Å². The third-order valence-electron chi connectivity index (χ3n) is 4.13. The van der Waals surface area contributed by atoms with Gasteiger partial charge in [0.05, 0.1) is 13.2 Å². The quantitative estimate of drug-likeness (QED) is 0.666. The fraction of sp³-hybridized carbons (Fsp3) is 0.647. The van der Waals surface area contributed by atoms with E-state index < -0.39 is 0 Å². The smallest absolute Gasteiger partial charge is 0.119 e. The summed E-state index contributed by atoms with van der Waals surface area (Å²) in [6.45, 7) is 3.05. The molecule has 3 rings (SSSR count). The van der Waals surface area contributed by atoms with Gasteiger partial charge in [0.2, 0.25) is 0 Å². The largest absolute Gasteiger partial charge is 0.491 e. The van der Waals surface area contributed by atoms with Gasteiger partial charge >= 0.3 is 0 Å². The summed E-state index contributed by atoms with van der Waals surface area (Å²) >= 11 is 0. The summed E-state index contributed by atoms with van der Waals surface area (Å²) in [5.41, 5.74) is 0. The Morgan fingerprint density at radius 3 is 2.30 bits per heavy atom. The number of nitrogens with one attached hydrogen (secondary N) is 1. The maximum atomic E-state index is 5.62. The van der Waals surface area contributed by atoms with E-state index in [0.29, 0.717) is 13.2 Å². The van der Waals surface area contributed by atoms with Gasteiger partial charge in [-0.05, 0) is 49.7 Å². The van der Waals surface area contributed by atoms with Crippen LogP contribution in [-0.2, 0) is 4.74 Å². The lowest BCUT2D eigenvalue weighted by atomic mass is 10.1. The summed E-state index contributed by atoms with van der Waals surface area (Å²) in [5.74, 6) is 2.84. The van der Waals surface area contributed by atoms with Crippen molar-refractivity contribution < 1.29 is 9.47 Å². The molecule has 1 aromatic rings. The minimum Gasteiger partial charge on any atom is -0.491 e. The minimum atomic E-state index is 0.624. The van der Waals surface area contributed by atoms with Gasteiger partial charge in [-0.3, -0.25) is 0 Å². The average Bonchev–Trinajstić information content (AvgIpc) is 3.37. The van der Waals surface area contributed by atoms with Gasteiger partial charge in [-0.25, -0.2) is 0 Å². The highest BCUT2D eigenvalue weighted by Gasteiger charge is 2.40. The molecule has 0 aliphatic heterocycles. The van der Waals surface area contributed by atoms with Gasteiger partial charge < -0.3 is 14.8 Å². The zero-order chi connectivity index (χ0) is 13.6. The van der Waals surface area contributed by atoms with Crippen molar-refractivity contribution in [3.05, 3.63) is 30.3 Å². The molecule has 0 spiro atoms. The van der Waals surface area contributed by atoms with Crippen molar-refractivity contribution in [2.24, 2.45) is 11.8 Å². The van der Waals surface area contributed by atoms with Crippen molar-refractivity contribution in [3.63, 3.8) is 0 Å². The average molecular weight is 275 g/mol. The first kappa shape index (κ1) is 13.9. The molecular formula is C17H25NO2. The van der Waals surface area contributed by atoms with Gasteiger partial charge in [0, 0.05) is 12.6 Å². The molecule has 20 heavy (non-hydrogen) atoms. The van der Waals surface area contributed by atoms with E-state index in [0.717, 1.165) is 36.8 Å². The Bertz CT molecular complexity index is 375. The van der Waals surface area contributed by atoms with E-state index in [1.54, 1.807) is 0 Å². The molecule has 1 N–H and O–H groups in total. The monoisotopic (exact) mass is 275 g/mol. The maximum absolute atomic E-state index is 5.62. The van der Waals surface area contributed by atoms with Crippen LogP contribution >= 0.6 is 0 Å². The third kappa shape index (κ3) is 4.50. The van der Waals surface area contributed by atoms with Crippen LogP contribution < -0.4 is 10.1 Å². The Labute approximate surface area is 121 Å². The topological polar surface area (TPSA) is 30.5 Å². The first-order valence-electron chi connectivity index (χ1n) is 7.92. The molecule has 0 unspecified atom stereocenters. The Kier molecular flexibility index (Phi) is 4.93. The van der Waals surface area contributed by atoms with Crippen LogP contribution in [0.25, 0.3) is 0 Å². The number of ether oxygens (including phenoxy) is 2. The summed E-state index contributed by atoms with van der Waals surface area (Å²) < 4.78 is 11.2. The molecule has 3 nitrogen and oxygen atoms in total. The molecule has 2 fully saturated rings. The predicted octanol–water partition coefficient (Wildman–Crippen LogP) is 2.86. The lowest BCUT2D eigenvalue weighted by molar-refractivity contribution is 0.0993. The molecule has 0 radical (unpaired) electrons. The summed E-state index contributed by atoms with van der Waals surface area (Å²) in [4.78, 5) is 0. The molecule has 110 valence electrons. The first-order chi connectivity index (χ1) is 9.93. The number of rotatable bonds is 10. The molecule has 3 heteroatoms. The number of hydrogen-bond donors (Lipinski definition) is 1. The van der Waals surface area contributed by atoms with Crippen molar-refractivity contribution in [3.8, 4) is 5.75 Å². The van der Waals surface area contributed by atoms with Crippen molar-refractivity contribution in [2.75, 3.05) is 26.4 Å². The van der Waals surface area contributed by atoms with Crippen LogP contribution in [0.15, 0.2) is 30.3 Å². The SMILES string of the molecule is c1ccc(OCCOCCNC(C2CC2)C2CC2)cc1. The van der Waals surface area contributed by atoms with Crippen molar-refractivity contribution in [2.45, 2.75) is 31.7 Å². The number of benzene rings is 1. The third-order valence-corrected chi connectivity index (χ3v) is 4.13. The van der Waals surface area contributed by atoms with Crippen LogP contribution in [0.1, 0.15) is 25.7 Å². The van der Waals surface area contributed by atoms with Gasteiger partial charge in [0.1, 0.15) is 12.4 Å². The van der Waals surface area contributed by atoms with E-state index in [9.17, 15) is 0 Å². The second kappa shape index (κ2) is 7.09. The minimum absolute atomic E-state index is 0.624. The first-order valence-corrected chi connectivity index (χ1v) is 7.92. The molecule has 2 aliphatic rings. The normalized spacial score (nSPS) is 18.4. The Hall–Kier alpha value is -1.06. The van der Waals surface area contributed by atoms with Crippen LogP contribution in [0, 0.1) is 11.8 Å². The van der Waals surface area contributed by atoms with Gasteiger partial charge in [0.25, 0.3) is 0 Å². The highest BCUT2D eigenvalue weighted by Crippen LogP contribution is 2.44. The molecule has 1 aromatic carbocycles. The number of para-hydroxylation sites is 1. The van der Waals surface area contributed by atoms with Crippen molar-refractivity contribution in [1.29, 1.82) is 0 Å². The van der Waals surface area contributed by atoms with Crippen molar-refractivity contribution in [1.82, 2.24) is 5.32 Å². The molecule has 0 aromatic heterocycles. The molecule has 2 aliphatic carbocycles. The van der Waals surface area contributed by atoms with Crippen LogP contribution in [0.2, 0.25) is 0 Å². The van der Waals surface area contributed by atoms with Crippen molar-refractivity contribution >= 4 is 0 Å². The van der Waals surface area contributed by atoms with Crippen LogP contribution in [0.3, 0.4) is 0 Å². The second-order valence-electron chi connectivity index (χ2n) is 5.93. The maximum Gasteiger partial charge on any atom is 0.119 e. The lowest BCUT2D eigenvalue weighted by Crippen LogP contribution is -2.35. The lowest BCUT2D eigenvalue weighted by Gasteiger charge is -2.17. The van der Waals surface area contributed by atoms with Crippen LogP contribution in [0.4, 0.5) is 0 Å². The summed E-state index contributed by atoms with van der Waals surface area (Å²) in [6.07, 6.45) is 5.72. The van der Waals surface area contributed by atoms with E-state index in [2.05, 4.69) is 5.32 Å². The van der Waals surface area contributed by atoms with E-state index >= 15 is 0 Å². The zero-order valence-electron chi connectivity index (χ0n) is 12.1. The van der Waals surface area contributed by atoms with E-state index in [1.807, 2.05) is 30.3 Å². The van der Waals surface area contributed by atoms with Gasteiger partial charge in [0.15, 0.2) is 0 Å². The van der Waals surface area contributed by atoms with E-state index in [-0.39, 0.29) is 0 Å². The Morgan fingerprint density at radius 1 is 0.950 bits per heavy atom. The zero-order valence-corrected chi connectivity index (χ0v) is 12.1. The van der Waals surface area contributed by atoms with Crippen LogP contribution in [-0.4, -0.2) is 32.4 Å². The molecular weight excluding hydrogens is 250 g/mol. The van der Waals surface area contributed by atoms with E-state index in [4.69, 9.17) is 9.47 Å². The fourth-order valence-corrected chi connectivity index (χ4v) is 2.76. The molecule has 0 saturated heterocycles. The van der Waals surface area contributed by atoms with Gasteiger partial charge in [-0.1, -0.05) is 18.2 Å². The fourth-order valence-electron chi connectivity index (χ4n) is 2.76. The summed E-state index contributed by atoms with van der Waals surface area (Å²) in [7, 11) is 0. The molecule has 0 amide bonds. The number of hydrogen-bond acceptors (Lipinski definition) is 3. The van der Waals surface area contributed by atoms with E-state index in [1.165, 1.54) is 25.7 Å².